The summed E-state index contributed by atoms with van der Waals surface area (Å²) >= 11 is 0. The lowest BCUT2D eigenvalue weighted by molar-refractivity contribution is -0.143. The van der Waals surface area contributed by atoms with Gasteiger partial charge in [0.05, 0.1) is 6.61 Å². The first-order valence-corrected chi connectivity index (χ1v) is 16.3. The number of hydrogen-bond acceptors (Lipinski definition) is 3. The first kappa shape index (κ1) is 35.1. The maximum Gasteiger partial charge on any atom is 0.305 e. The molecule has 0 saturated heterocycles. The first-order chi connectivity index (χ1) is 17.6. The van der Waals surface area contributed by atoms with E-state index in [0.717, 1.165) is 25.2 Å². The van der Waals surface area contributed by atoms with Gasteiger partial charge >= 0.3 is 5.97 Å². The quantitative estimate of drug-likeness (QED) is 0.0745. The standard InChI is InChI=1S/C33H64O3/c1-4-7-10-13-16-18-24-31(25-19-17-14-11-8-5-2)26-21-22-30-36-33(35)29-23-28-32(34)27-20-15-12-9-6-3/h31H,4-30H2,1-3H3. The van der Waals surface area contributed by atoms with Crippen molar-refractivity contribution in [3.05, 3.63) is 0 Å². The highest BCUT2D eigenvalue weighted by atomic mass is 16.5. The second-order valence-corrected chi connectivity index (χ2v) is 11.3. The van der Waals surface area contributed by atoms with Gasteiger partial charge in [0.15, 0.2) is 0 Å². The summed E-state index contributed by atoms with van der Waals surface area (Å²) in [7, 11) is 0. The van der Waals surface area contributed by atoms with E-state index < -0.39 is 0 Å². The Balaban J connectivity index is 3.90. The molecule has 3 nitrogen and oxygen atoms in total. The molecular formula is C33H64O3. The molecule has 0 aliphatic rings. The fourth-order valence-corrected chi connectivity index (χ4v) is 5.13. The van der Waals surface area contributed by atoms with Crippen molar-refractivity contribution in [3.8, 4) is 0 Å². The van der Waals surface area contributed by atoms with E-state index in [1.807, 2.05) is 0 Å². The molecule has 0 aliphatic carbocycles. The van der Waals surface area contributed by atoms with Crippen molar-refractivity contribution in [2.24, 2.45) is 5.92 Å². The van der Waals surface area contributed by atoms with Crippen molar-refractivity contribution in [2.45, 2.75) is 188 Å². The molecule has 0 rings (SSSR count). The summed E-state index contributed by atoms with van der Waals surface area (Å²) in [6.07, 6.45) is 30.9. The Bertz CT molecular complexity index is 458. The number of rotatable bonds is 29. The second kappa shape index (κ2) is 28.7. The van der Waals surface area contributed by atoms with Crippen molar-refractivity contribution in [1.82, 2.24) is 0 Å². The van der Waals surface area contributed by atoms with Crippen LogP contribution in [0.3, 0.4) is 0 Å². The van der Waals surface area contributed by atoms with E-state index in [-0.39, 0.29) is 5.97 Å². The zero-order valence-electron chi connectivity index (χ0n) is 24.9. The molecular weight excluding hydrogens is 444 g/mol. The molecule has 0 aromatic carbocycles. The average molecular weight is 509 g/mol. The largest absolute Gasteiger partial charge is 0.466 e. The van der Waals surface area contributed by atoms with Gasteiger partial charge < -0.3 is 4.74 Å². The van der Waals surface area contributed by atoms with E-state index in [0.29, 0.717) is 38.1 Å². The third-order valence-electron chi connectivity index (χ3n) is 7.60. The predicted molar refractivity (Wildman–Crippen MR) is 157 cm³/mol. The van der Waals surface area contributed by atoms with E-state index in [4.69, 9.17) is 4.74 Å². The van der Waals surface area contributed by atoms with Gasteiger partial charge in [0.2, 0.25) is 0 Å². The maximum atomic E-state index is 12.0. The van der Waals surface area contributed by atoms with E-state index in [1.54, 1.807) is 0 Å². The second-order valence-electron chi connectivity index (χ2n) is 11.3. The minimum absolute atomic E-state index is 0.124. The number of ketones is 1. The van der Waals surface area contributed by atoms with Crippen LogP contribution in [0.1, 0.15) is 188 Å². The van der Waals surface area contributed by atoms with Crippen molar-refractivity contribution >= 4 is 11.8 Å². The fraction of sp³-hybridized carbons (Fsp3) is 0.939. The minimum Gasteiger partial charge on any atom is -0.466 e. The zero-order valence-corrected chi connectivity index (χ0v) is 24.9. The number of carbonyl (C=O) groups is 2. The van der Waals surface area contributed by atoms with E-state index in [1.165, 1.54) is 122 Å². The SMILES string of the molecule is CCCCCCCCC(CCCCCCCC)CCCCOC(=O)CCCC(=O)CCCCCCC. The van der Waals surface area contributed by atoms with Crippen LogP contribution in [0, 0.1) is 5.92 Å². The van der Waals surface area contributed by atoms with Crippen LogP contribution in [0.15, 0.2) is 0 Å². The number of ether oxygens (including phenoxy) is 1. The van der Waals surface area contributed by atoms with Crippen LogP contribution in [0.4, 0.5) is 0 Å². The molecule has 0 fully saturated rings. The van der Waals surface area contributed by atoms with E-state index in [2.05, 4.69) is 20.8 Å². The molecule has 0 heterocycles. The summed E-state index contributed by atoms with van der Waals surface area (Å²) in [6, 6.07) is 0. The van der Waals surface area contributed by atoms with Gasteiger partial charge in [-0.3, -0.25) is 9.59 Å². The molecule has 0 aromatic rings. The number of carbonyl (C=O) groups excluding carboxylic acids is 2. The molecule has 0 atom stereocenters. The van der Waals surface area contributed by atoms with E-state index in [9.17, 15) is 9.59 Å². The van der Waals surface area contributed by atoms with Crippen LogP contribution in [-0.2, 0) is 14.3 Å². The molecule has 0 radical (unpaired) electrons. The Hall–Kier alpha value is -0.860. The number of esters is 1. The minimum atomic E-state index is -0.124. The van der Waals surface area contributed by atoms with Crippen LogP contribution >= 0.6 is 0 Å². The van der Waals surface area contributed by atoms with Gasteiger partial charge in [-0.15, -0.1) is 0 Å². The Morgan fingerprint density at radius 1 is 0.472 bits per heavy atom. The molecule has 36 heavy (non-hydrogen) atoms. The zero-order chi connectivity index (χ0) is 26.5. The summed E-state index contributed by atoms with van der Waals surface area (Å²) < 4.78 is 5.45. The summed E-state index contributed by atoms with van der Waals surface area (Å²) in [4.78, 5) is 24.0. The lowest BCUT2D eigenvalue weighted by Crippen LogP contribution is -2.08. The molecule has 0 saturated carbocycles. The highest BCUT2D eigenvalue weighted by Crippen LogP contribution is 2.24. The predicted octanol–water partition coefficient (Wildman–Crippen LogP) is 10.9. The number of hydrogen-bond donors (Lipinski definition) is 0. The lowest BCUT2D eigenvalue weighted by Gasteiger charge is -2.17. The van der Waals surface area contributed by atoms with Gasteiger partial charge in [0.25, 0.3) is 0 Å². The van der Waals surface area contributed by atoms with Crippen molar-refractivity contribution in [1.29, 1.82) is 0 Å². The Morgan fingerprint density at radius 2 is 0.889 bits per heavy atom. The smallest absolute Gasteiger partial charge is 0.305 e. The first-order valence-electron chi connectivity index (χ1n) is 16.3. The summed E-state index contributed by atoms with van der Waals surface area (Å²) in [5.41, 5.74) is 0. The number of Topliss-reactive ketones (excluding diaryl/α,β-unsaturated/α-hetero) is 1. The highest BCUT2D eigenvalue weighted by molar-refractivity contribution is 5.79. The maximum absolute atomic E-state index is 12.0. The fourth-order valence-electron chi connectivity index (χ4n) is 5.13. The van der Waals surface area contributed by atoms with Crippen LogP contribution in [-0.4, -0.2) is 18.4 Å². The topological polar surface area (TPSA) is 43.4 Å². The van der Waals surface area contributed by atoms with Crippen LogP contribution < -0.4 is 0 Å². The van der Waals surface area contributed by atoms with E-state index >= 15 is 0 Å². The lowest BCUT2D eigenvalue weighted by atomic mass is 9.90. The summed E-state index contributed by atoms with van der Waals surface area (Å²) in [5, 5.41) is 0. The molecule has 0 amide bonds. The van der Waals surface area contributed by atoms with Gasteiger partial charge in [0, 0.05) is 19.3 Å². The van der Waals surface area contributed by atoms with Gasteiger partial charge in [-0.2, -0.15) is 0 Å². The Kier molecular flexibility index (Phi) is 28.0. The van der Waals surface area contributed by atoms with Gasteiger partial charge in [-0.05, 0) is 31.6 Å². The monoisotopic (exact) mass is 508 g/mol. The van der Waals surface area contributed by atoms with Crippen LogP contribution in [0.25, 0.3) is 0 Å². The molecule has 0 N–H and O–H groups in total. The number of unbranched alkanes of at least 4 members (excludes halogenated alkanes) is 15. The highest BCUT2D eigenvalue weighted by Gasteiger charge is 2.10. The van der Waals surface area contributed by atoms with Crippen molar-refractivity contribution in [3.63, 3.8) is 0 Å². The molecule has 0 unspecified atom stereocenters. The molecule has 0 spiro atoms. The van der Waals surface area contributed by atoms with Crippen molar-refractivity contribution in [2.75, 3.05) is 6.61 Å². The molecule has 3 heteroatoms. The normalized spacial score (nSPS) is 11.3. The van der Waals surface area contributed by atoms with Crippen LogP contribution in [0.5, 0.6) is 0 Å². The molecule has 0 bridgehead atoms. The molecule has 0 aliphatic heterocycles. The third-order valence-corrected chi connectivity index (χ3v) is 7.60. The molecule has 214 valence electrons. The summed E-state index contributed by atoms with van der Waals surface area (Å²) in [5.74, 6) is 1.04. The third kappa shape index (κ3) is 26.2. The summed E-state index contributed by atoms with van der Waals surface area (Å²) in [6.45, 7) is 7.32. The molecule has 0 aromatic heterocycles. The Morgan fingerprint density at radius 3 is 1.42 bits per heavy atom. The Labute approximate surface area is 226 Å². The van der Waals surface area contributed by atoms with Gasteiger partial charge in [0.1, 0.15) is 5.78 Å². The average Bonchev–Trinajstić information content (AvgIpc) is 2.87. The van der Waals surface area contributed by atoms with Gasteiger partial charge in [-0.1, -0.05) is 143 Å². The van der Waals surface area contributed by atoms with Crippen LogP contribution in [0.2, 0.25) is 0 Å². The van der Waals surface area contributed by atoms with Crippen molar-refractivity contribution < 1.29 is 14.3 Å². The van der Waals surface area contributed by atoms with Gasteiger partial charge in [-0.25, -0.2) is 0 Å².